The number of amides is 1. The second kappa shape index (κ2) is 6.71. The van der Waals surface area contributed by atoms with Gasteiger partial charge in [0.25, 0.3) is 0 Å². The highest BCUT2D eigenvalue weighted by Crippen LogP contribution is 2.50. The number of aliphatic hydroxyl groups is 1. The maximum Gasteiger partial charge on any atom is 0.232 e. The van der Waals surface area contributed by atoms with E-state index in [2.05, 4.69) is 21.5 Å². The molecule has 2 aromatic heterocycles. The van der Waals surface area contributed by atoms with Crippen LogP contribution in [0.2, 0.25) is 0 Å². The van der Waals surface area contributed by atoms with E-state index in [-0.39, 0.29) is 11.9 Å². The quantitative estimate of drug-likeness (QED) is 0.717. The topological polar surface area (TPSA) is 80.0 Å². The molecule has 144 valence electrons. The summed E-state index contributed by atoms with van der Waals surface area (Å²) in [7, 11) is 0. The average Bonchev–Trinajstić information content (AvgIpc) is 3.23. The van der Waals surface area contributed by atoms with Crippen LogP contribution >= 0.6 is 0 Å². The fourth-order valence-electron chi connectivity index (χ4n) is 4.60. The van der Waals surface area contributed by atoms with E-state index in [4.69, 9.17) is 0 Å². The molecular weight excluding hydrogens is 352 g/mol. The molecule has 0 bridgehead atoms. The maximum atomic E-state index is 13.2. The Kier molecular flexibility index (Phi) is 4.16. The van der Waals surface area contributed by atoms with Crippen LogP contribution in [-0.2, 0) is 16.8 Å². The van der Waals surface area contributed by atoms with Crippen molar-refractivity contribution in [2.75, 3.05) is 0 Å². The molecule has 3 aromatic rings. The first kappa shape index (κ1) is 17.4. The number of nitrogens with zero attached hydrogens (tertiary/aromatic N) is 3. The Bertz CT molecular complexity index is 991. The number of hydrogen-bond donors (Lipinski definition) is 2. The molecule has 3 atom stereocenters. The fourth-order valence-corrected chi connectivity index (χ4v) is 4.60. The second-order valence-electron chi connectivity index (χ2n) is 8.18. The summed E-state index contributed by atoms with van der Waals surface area (Å²) in [6, 6.07) is 11.7. The van der Waals surface area contributed by atoms with E-state index in [0.29, 0.717) is 12.3 Å². The van der Waals surface area contributed by atoms with Gasteiger partial charge in [0.15, 0.2) is 0 Å². The van der Waals surface area contributed by atoms with Gasteiger partial charge in [-0.15, -0.1) is 0 Å². The number of carbonyl (C=O) groups excluding carboxylic acids is 1. The second-order valence-corrected chi connectivity index (χ2v) is 8.18. The molecule has 5 rings (SSSR count). The lowest BCUT2D eigenvalue weighted by atomic mass is 9.95. The molecule has 1 unspecified atom stereocenters. The molecule has 6 heteroatoms. The first-order valence-electron chi connectivity index (χ1n) is 9.96. The van der Waals surface area contributed by atoms with Crippen LogP contribution in [0.25, 0.3) is 10.8 Å². The molecule has 6 nitrogen and oxygen atoms in total. The van der Waals surface area contributed by atoms with E-state index in [9.17, 15) is 9.90 Å². The Hall–Kier alpha value is -2.73. The first-order chi connectivity index (χ1) is 13.7. The van der Waals surface area contributed by atoms with Crippen molar-refractivity contribution in [1.29, 1.82) is 0 Å². The Morgan fingerprint density at radius 1 is 1.18 bits per heavy atom. The predicted molar refractivity (Wildman–Crippen MR) is 106 cm³/mol. The molecule has 2 aliphatic carbocycles. The highest BCUT2D eigenvalue weighted by molar-refractivity contribution is 5.97. The van der Waals surface area contributed by atoms with Gasteiger partial charge in [-0.05, 0) is 49.1 Å². The van der Waals surface area contributed by atoms with Gasteiger partial charge in [0.2, 0.25) is 5.91 Å². The zero-order valence-corrected chi connectivity index (χ0v) is 15.7. The lowest BCUT2D eigenvalue weighted by Crippen LogP contribution is -2.45. The molecular formula is C22H24N4O2. The zero-order valence-electron chi connectivity index (χ0n) is 15.7. The number of carbonyl (C=O) groups is 1. The molecule has 1 aromatic carbocycles. The summed E-state index contributed by atoms with van der Waals surface area (Å²) < 4.78 is 1.89. The highest BCUT2D eigenvalue weighted by atomic mass is 16.3. The summed E-state index contributed by atoms with van der Waals surface area (Å²) in [5.41, 5.74) is 0.310. The minimum atomic E-state index is -0.555. The summed E-state index contributed by atoms with van der Waals surface area (Å²) in [6.45, 7) is 0.770. The van der Waals surface area contributed by atoms with E-state index in [0.717, 1.165) is 42.3 Å². The number of pyridine rings is 1. The van der Waals surface area contributed by atoms with Crippen molar-refractivity contribution in [1.82, 2.24) is 20.1 Å². The Morgan fingerprint density at radius 2 is 2.04 bits per heavy atom. The van der Waals surface area contributed by atoms with Gasteiger partial charge in [0.1, 0.15) is 0 Å². The number of benzene rings is 1. The van der Waals surface area contributed by atoms with Crippen LogP contribution < -0.4 is 5.32 Å². The summed E-state index contributed by atoms with van der Waals surface area (Å²) in [6.07, 6.45) is 8.04. The van der Waals surface area contributed by atoms with Crippen LogP contribution in [0.15, 0.2) is 55.0 Å². The van der Waals surface area contributed by atoms with Crippen LogP contribution in [0.3, 0.4) is 0 Å². The van der Waals surface area contributed by atoms with Crippen molar-refractivity contribution in [2.24, 2.45) is 5.92 Å². The first-order valence-corrected chi connectivity index (χ1v) is 9.96. The van der Waals surface area contributed by atoms with Gasteiger partial charge in [-0.25, -0.2) is 0 Å². The maximum absolute atomic E-state index is 13.2. The molecule has 2 N–H and O–H groups in total. The lowest BCUT2D eigenvalue weighted by molar-refractivity contribution is -0.125. The molecule has 2 aliphatic rings. The minimum Gasteiger partial charge on any atom is -0.391 e. The number of rotatable bonds is 5. The fraction of sp³-hybridized carbons (Fsp3) is 0.409. The van der Waals surface area contributed by atoms with Crippen LogP contribution in [0, 0.1) is 5.92 Å². The molecule has 28 heavy (non-hydrogen) atoms. The van der Waals surface area contributed by atoms with Gasteiger partial charge >= 0.3 is 0 Å². The number of fused-ring (bicyclic) bond motifs is 1. The summed E-state index contributed by atoms with van der Waals surface area (Å²) in [5.74, 6) is 0.311. The monoisotopic (exact) mass is 376 g/mol. The molecule has 2 saturated carbocycles. The van der Waals surface area contributed by atoms with Crippen molar-refractivity contribution < 1.29 is 9.90 Å². The van der Waals surface area contributed by atoms with Crippen LogP contribution in [0.5, 0.6) is 0 Å². The molecule has 0 saturated heterocycles. The van der Waals surface area contributed by atoms with Gasteiger partial charge in [0.05, 0.1) is 23.3 Å². The third-order valence-corrected chi connectivity index (χ3v) is 6.26. The van der Waals surface area contributed by atoms with E-state index < -0.39 is 11.5 Å². The molecule has 1 amide bonds. The van der Waals surface area contributed by atoms with Crippen LogP contribution in [0.1, 0.15) is 31.4 Å². The van der Waals surface area contributed by atoms with Gasteiger partial charge < -0.3 is 10.4 Å². The third-order valence-electron chi connectivity index (χ3n) is 6.26. The molecule has 2 heterocycles. The van der Waals surface area contributed by atoms with E-state index in [1.807, 2.05) is 41.2 Å². The summed E-state index contributed by atoms with van der Waals surface area (Å²) in [5, 5.41) is 20.0. The number of nitrogens with one attached hydrogen (secondary N) is 1. The Labute approximate surface area is 163 Å². The smallest absolute Gasteiger partial charge is 0.232 e. The summed E-state index contributed by atoms with van der Waals surface area (Å²) in [4.78, 5) is 17.8. The Balaban J connectivity index is 1.32. The van der Waals surface area contributed by atoms with Gasteiger partial charge in [-0.2, -0.15) is 5.10 Å². The van der Waals surface area contributed by atoms with Crippen LogP contribution in [0.4, 0.5) is 0 Å². The highest BCUT2D eigenvalue weighted by Gasteiger charge is 2.54. The number of hydrogen-bond acceptors (Lipinski definition) is 4. The number of aliphatic hydroxyl groups excluding tert-OH is 1. The Morgan fingerprint density at radius 3 is 2.82 bits per heavy atom. The largest absolute Gasteiger partial charge is 0.391 e. The van der Waals surface area contributed by atoms with Crippen molar-refractivity contribution in [3.05, 3.63) is 60.7 Å². The number of aromatic nitrogens is 3. The average molecular weight is 376 g/mol. The van der Waals surface area contributed by atoms with Gasteiger partial charge in [-0.3, -0.25) is 14.5 Å². The van der Waals surface area contributed by atoms with Crippen LogP contribution in [-0.4, -0.2) is 37.9 Å². The molecule has 0 spiro atoms. The van der Waals surface area contributed by atoms with Crippen molar-refractivity contribution >= 4 is 16.7 Å². The zero-order chi connectivity index (χ0) is 19.1. The van der Waals surface area contributed by atoms with Gasteiger partial charge in [-0.1, -0.05) is 24.3 Å². The minimum absolute atomic E-state index is 0.000132. The third kappa shape index (κ3) is 2.98. The molecule has 0 aliphatic heterocycles. The molecule has 0 radical (unpaired) electrons. The standard InChI is InChI=1S/C22H24N4O2/c27-19-13-15(14-26-11-3-9-24-26)12-18(19)25-21(28)22(7-8-22)20-17-5-2-1-4-16(17)6-10-23-20/h1-6,9-11,15,18-19,27H,7-8,12-14H2,(H,25,28)/t15?,18-,19-/m1/s1. The lowest BCUT2D eigenvalue weighted by Gasteiger charge is -2.22. The van der Waals surface area contributed by atoms with E-state index >= 15 is 0 Å². The molecule has 2 fully saturated rings. The summed E-state index contributed by atoms with van der Waals surface area (Å²) >= 11 is 0. The normalized spacial score (nSPS) is 25.7. The van der Waals surface area contributed by atoms with E-state index in [1.165, 1.54) is 0 Å². The van der Waals surface area contributed by atoms with Crippen molar-refractivity contribution in [3.63, 3.8) is 0 Å². The van der Waals surface area contributed by atoms with Crippen molar-refractivity contribution in [3.8, 4) is 0 Å². The van der Waals surface area contributed by atoms with Gasteiger partial charge in [0, 0.05) is 30.5 Å². The van der Waals surface area contributed by atoms with E-state index in [1.54, 1.807) is 12.4 Å². The predicted octanol–water partition coefficient (Wildman–Crippen LogP) is 2.42. The SMILES string of the molecule is O=C(N[C@@H]1CC(Cn2cccn2)C[C@H]1O)C1(c2nccc3ccccc23)CC1. The van der Waals surface area contributed by atoms with Crippen molar-refractivity contribution in [2.45, 2.75) is 49.8 Å².